The van der Waals surface area contributed by atoms with Crippen molar-refractivity contribution in [3.8, 4) is 0 Å². The third-order valence-electron chi connectivity index (χ3n) is 4.86. The molecule has 7 heteroatoms. The number of nitrogens with one attached hydrogen (secondary N) is 2. The number of para-hydroxylation sites is 1. The number of nitrogens with zero attached hydrogens (tertiary/aromatic N) is 1. The van der Waals surface area contributed by atoms with Gasteiger partial charge >= 0.3 is 6.03 Å². The molecule has 146 valence electrons. The summed E-state index contributed by atoms with van der Waals surface area (Å²) in [6.45, 7) is 5.31. The summed E-state index contributed by atoms with van der Waals surface area (Å²) >= 11 is 5.90. The predicted molar refractivity (Wildman–Crippen MR) is 108 cm³/mol. The van der Waals surface area contributed by atoms with Gasteiger partial charge in [0.15, 0.2) is 0 Å². The van der Waals surface area contributed by atoms with E-state index < -0.39 is 23.4 Å². The zero-order chi connectivity index (χ0) is 20.5. The first-order valence-corrected chi connectivity index (χ1v) is 9.39. The molecule has 4 amide bonds. The maximum Gasteiger partial charge on any atom is 0.325 e. The van der Waals surface area contributed by atoms with Crippen molar-refractivity contribution in [1.29, 1.82) is 0 Å². The molecule has 0 radical (unpaired) electrons. The number of imide groups is 1. The second-order valence-corrected chi connectivity index (χ2v) is 7.68. The van der Waals surface area contributed by atoms with Crippen molar-refractivity contribution in [3.63, 3.8) is 0 Å². The lowest BCUT2D eigenvalue weighted by Crippen LogP contribution is -2.42. The van der Waals surface area contributed by atoms with E-state index in [2.05, 4.69) is 10.6 Å². The number of rotatable bonds is 5. The minimum absolute atomic E-state index is 0.224. The van der Waals surface area contributed by atoms with Crippen LogP contribution in [-0.4, -0.2) is 29.3 Å². The highest BCUT2D eigenvalue weighted by Gasteiger charge is 2.49. The summed E-state index contributed by atoms with van der Waals surface area (Å²) in [5.74, 6) is -0.689. The number of amides is 4. The first-order chi connectivity index (χ1) is 13.2. The Labute approximate surface area is 168 Å². The molecule has 1 aliphatic rings. The molecule has 0 aliphatic carbocycles. The van der Waals surface area contributed by atoms with Crippen LogP contribution in [-0.2, 0) is 15.1 Å². The van der Waals surface area contributed by atoms with E-state index in [9.17, 15) is 14.4 Å². The Kier molecular flexibility index (Phi) is 5.42. The zero-order valence-electron chi connectivity index (χ0n) is 16.0. The molecule has 0 bridgehead atoms. The van der Waals surface area contributed by atoms with Crippen molar-refractivity contribution in [3.05, 3.63) is 64.7 Å². The molecule has 3 rings (SSSR count). The Morgan fingerprint density at radius 2 is 1.79 bits per heavy atom. The van der Waals surface area contributed by atoms with Gasteiger partial charge in [-0.2, -0.15) is 0 Å². The lowest BCUT2D eigenvalue weighted by atomic mass is 9.92. The van der Waals surface area contributed by atoms with Gasteiger partial charge in [-0.1, -0.05) is 55.8 Å². The number of urea groups is 1. The van der Waals surface area contributed by atoms with Crippen LogP contribution in [0.4, 0.5) is 10.5 Å². The number of carbonyl (C=O) groups is 3. The van der Waals surface area contributed by atoms with E-state index in [1.807, 2.05) is 32.0 Å². The highest BCUT2D eigenvalue weighted by atomic mass is 35.5. The second kappa shape index (κ2) is 7.64. The molecule has 1 unspecified atom stereocenters. The van der Waals surface area contributed by atoms with Crippen molar-refractivity contribution in [2.24, 2.45) is 0 Å². The van der Waals surface area contributed by atoms with Crippen molar-refractivity contribution in [1.82, 2.24) is 10.2 Å². The smallest absolute Gasteiger partial charge is 0.324 e. The van der Waals surface area contributed by atoms with Gasteiger partial charge in [0, 0.05) is 10.7 Å². The van der Waals surface area contributed by atoms with Crippen LogP contribution >= 0.6 is 11.6 Å². The third-order valence-corrected chi connectivity index (χ3v) is 5.11. The van der Waals surface area contributed by atoms with Crippen LogP contribution in [0.25, 0.3) is 0 Å². The van der Waals surface area contributed by atoms with E-state index in [-0.39, 0.29) is 12.5 Å². The number of halogens is 1. The van der Waals surface area contributed by atoms with E-state index in [1.54, 1.807) is 37.3 Å². The van der Waals surface area contributed by atoms with Crippen molar-refractivity contribution in [2.75, 3.05) is 11.9 Å². The summed E-state index contributed by atoms with van der Waals surface area (Å²) in [7, 11) is 0. The average Bonchev–Trinajstić information content (AvgIpc) is 2.86. The maximum atomic E-state index is 12.9. The van der Waals surface area contributed by atoms with E-state index in [1.165, 1.54) is 0 Å². The number of benzene rings is 2. The van der Waals surface area contributed by atoms with Gasteiger partial charge in [-0.15, -0.1) is 0 Å². The molecule has 1 atom stereocenters. The topological polar surface area (TPSA) is 78.5 Å². The number of hydrogen-bond acceptors (Lipinski definition) is 3. The van der Waals surface area contributed by atoms with E-state index in [0.29, 0.717) is 16.3 Å². The summed E-state index contributed by atoms with van der Waals surface area (Å²) in [6, 6.07) is 13.5. The number of carbonyl (C=O) groups excluding carboxylic acids is 3. The lowest BCUT2D eigenvalue weighted by molar-refractivity contribution is -0.133. The monoisotopic (exact) mass is 399 g/mol. The van der Waals surface area contributed by atoms with Gasteiger partial charge in [-0.3, -0.25) is 14.5 Å². The quantitative estimate of drug-likeness (QED) is 0.749. The van der Waals surface area contributed by atoms with Crippen molar-refractivity contribution >= 4 is 35.1 Å². The van der Waals surface area contributed by atoms with Gasteiger partial charge in [0.05, 0.1) is 0 Å². The Hall–Kier alpha value is -2.86. The van der Waals surface area contributed by atoms with Gasteiger partial charge in [0.1, 0.15) is 12.1 Å². The zero-order valence-corrected chi connectivity index (χ0v) is 16.7. The molecule has 2 aromatic rings. The Balaban J connectivity index is 1.76. The molecule has 1 heterocycles. The summed E-state index contributed by atoms with van der Waals surface area (Å²) in [5, 5.41) is 6.01. The Bertz CT molecular complexity index is 927. The SMILES string of the molecule is CC(C)c1ccccc1NC(=O)CN1C(=O)NC(C)(c2ccc(Cl)cc2)C1=O. The molecular formula is C21H22ClN3O3. The fraction of sp³-hybridized carbons (Fsp3) is 0.286. The van der Waals surface area contributed by atoms with Gasteiger partial charge < -0.3 is 10.6 Å². The standard InChI is InChI=1S/C21H22ClN3O3/c1-13(2)16-6-4-5-7-17(16)23-18(26)12-25-19(27)21(3,24-20(25)28)14-8-10-15(22)11-9-14/h4-11,13H,12H2,1-3H3,(H,23,26)(H,24,28). The predicted octanol–water partition coefficient (Wildman–Crippen LogP) is 3.87. The van der Waals surface area contributed by atoms with Crippen LogP contribution in [0, 0.1) is 0 Å². The van der Waals surface area contributed by atoms with Crippen molar-refractivity contribution in [2.45, 2.75) is 32.2 Å². The lowest BCUT2D eigenvalue weighted by Gasteiger charge is -2.22. The second-order valence-electron chi connectivity index (χ2n) is 7.24. The van der Waals surface area contributed by atoms with Gasteiger partial charge in [0.25, 0.3) is 5.91 Å². The first-order valence-electron chi connectivity index (χ1n) is 9.01. The van der Waals surface area contributed by atoms with Crippen molar-refractivity contribution < 1.29 is 14.4 Å². The number of anilines is 1. The van der Waals surface area contributed by atoms with E-state index >= 15 is 0 Å². The van der Waals surface area contributed by atoms with Gasteiger partial charge in [0.2, 0.25) is 5.91 Å². The van der Waals surface area contributed by atoms with Crippen LogP contribution < -0.4 is 10.6 Å². The van der Waals surface area contributed by atoms with Gasteiger partial charge in [-0.05, 0) is 42.2 Å². The normalized spacial score (nSPS) is 19.1. The van der Waals surface area contributed by atoms with Crippen LogP contribution in [0.15, 0.2) is 48.5 Å². The highest BCUT2D eigenvalue weighted by molar-refractivity contribution is 6.30. The average molecular weight is 400 g/mol. The molecular weight excluding hydrogens is 378 g/mol. The minimum Gasteiger partial charge on any atom is -0.324 e. The molecule has 1 aliphatic heterocycles. The molecule has 0 saturated carbocycles. The maximum absolute atomic E-state index is 12.9. The molecule has 2 aromatic carbocycles. The van der Waals surface area contributed by atoms with Crippen LogP contribution in [0.1, 0.15) is 37.8 Å². The highest BCUT2D eigenvalue weighted by Crippen LogP contribution is 2.30. The third kappa shape index (κ3) is 3.73. The minimum atomic E-state index is -1.24. The Morgan fingerprint density at radius 3 is 2.43 bits per heavy atom. The Morgan fingerprint density at radius 1 is 1.14 bits per heavy atom. The number of hydrogen-bond donors (Lipinski definition) is 2. The summed E-state index contributed by atoms with van der Waals surface area (Å²) in [4.78, 5) is 38.8. The largest absolute Gasteiger partial charge is 0.325 e. The molecule has 1 saturated heterocycles. The molecule has 0 spiro atoms. The van der Waals surface area contributed by atoms with Gasteiger partial charge in [-0.25, -0.2) is 4.79 Å². The fourth-order valence-corrected chi connectivity index (χ4v) is 3.39. The van der Waals surface area contributed by atoms with E-state index in [4.69, 9.17) is 11.6 Å². The summed E-state index contributed by atoms with van der Waals surface area (Å²) in [6.07, 6.45) is 0. The van der Waals surface area contributed by atoms with Crippen LogP contribution in [0.2, 0.25) is 5.02 Å². The molecule has 28 heavy (non-hydrogen) atoms. The summed E-state index contributed by atoms with van der Waals surface area (Å²) < 4.78 is 0. The molecule has 1 fully saturated rings. The molecule has 6 nitrogen and oxygen atoms in total. The fourth-order valence-electron chi connectivity index (χ4n) is 3.27. The summed E-state index contributed by atoms with van der Waals surface area (Å²) in [5.41, 5.74) is 1.02. The van der Waals surface area contributed by atoms with Crippen LogP contribution in [0.5, 0.6) is 0 Å². The molecule has 2 N–H and O–H groups in total. The molecule has 0 aromatic heterocycles. The van der Waals surface area contributed by atoms with E-state index in [0.717, 1.165) is 10.5 Å². The van der Waals surface area contributed by atoms with Crippen LogP contribution in [0.3, 0.4) is 0 Å². The first kappa shape index (κ1) is 19.9.